The molecule has 1 aliphatic rings. The molecule has 5 nitrogen and oxygen atoms in total. The second kappa shape index (κ2) is 7.11. The Labute approximate surface area is 135 Å². The Morgan fingerprint density at radius 1 is 1.32 bits per heavy atom. The number of rotatable bonds is 4. The smallest absolute Gasteiger partial charge is 0.335 e. The highest BCUT2D eigenvalue weighted by molar-refractivity contribution is 6.34. The molecule has 1 aromatic carbocycles. The highest BCUT2D eigenvalue weighted by atomic mass is 35.5. The highest BCUT2D eigenvalue weighted by Crippen LogP contribution is 2.19. The number of carboxylic acid groups (broad SMARTS) is 1. The van der Waals surface area contributed by atoms with Crippen LogP contribution in [0.25, 0.3) is 0 Å². The van der Waals surface area contributed by atoms with E-state index < -0.39 is 5.97 Å². The van der Waals surface area contributed by atoms with Crippen LogP contribution in [0.5, 0.6) is 0 Å². The Balaban J connectivity index is 2.01. The van der Waals surface area contributed by atoms with Gasteiger partial charge >= 0.3 is 5.97 Å². The van der Waals surface area contributed by atoms with Gasteiger partial charge in [-0.2, -0.15) is 0 Å². The van der Waals surface area contributed by atoms with Gasteiger partial charge in [0.25, 0.3) is 5.91 Å². The number of hydrogen-bond acceptors (Lipinski definition) is 3. The summed E-state index contributed by atoms with van der Waals surface area (Å²) in [7, 11) is 0. The summed E-state index contributed by atoms with van der Waals surface area (Å²) < 4.78 is 0. The van der Waals surface area contributed by atoms with Gasteiger partial charge in [0.1, 0.15) is 0 Å². The first-order valence-electron chi connectivity index (χ1n) is 7.46. The van der Waals surface area contributed by atoms with Gasteiger partial charge in [0.05, 0.1) is 16.1 Å². The number of piperidine rings is 1. The first-order chi connectivity index (χ1) is 10.4. The third kappa shape index (κ3) is 3.99. The predicted molar refractivity (Wildman–Crippen MR) is 85.6 cm³/mol. The van der Waals surface area contributed by atoms with Gasteiger partial charge in [-0.25, -0.2) is 4.79 Å². The molecule has 1 aromatic rings. The van der Waals surface area contributed by atoms with Gasteiger partial charge in [-0.1, -0.05) is 11.6 Å². The van der Waals surface area contributed by atoms with Crippen LogP contribution in [0.15, 0.2) is 18.2 Å². The third-order valence-corrected chi connectivity index (χ3v) is 4.38. The zero-order chi connectivity index (χ0) is 16.3. The van der Waals surface area contributed by atoms with Gasteiger partial charge in [0.2, 0.25) is 0 Å². The van der Waals surface area contributed by atoms with E-state index in [1.807, 2.05) is 0 Å². The number of hydrogen-bond donors (Lipinski definition) is 2. The van der Waals surface area contributed by atoms with E-state index in [0.717, 1.165) is 25.9 Å². The van der Waals surface area contributed by atoms with Crippen LogP contribution >= 0.6 is 11.6 Å². The van der Waals surface area contributed by atoms with E-state index in [1.165, 1.54) is 18.2 Å². The number of carbonyl (C=O) groups is 2. The summed E-state index contributed by atoms with van der Waals surface area (Å²) in [5.41, 5.74) is 0.275. The molecule has 0 bridgehead atoms. The van der Waals surface area contributed by atoms with Crippen LogP contribution in [0.1, 0.15) is 47.4 Å². The second-order valence-electron chi connectivity index (χ2n) is 5.88. The Morgan fingerprint density at radius 3 is 2.50 bits per heavy atom. The quantitative estimate of drug-likeness (QED) is 0.893. The molecule has 0 atom stereocenters. The van der Waals surface area contributed by atoms with Gasteiger partial charge < -0.3 is 15.3 Å². The van der Waals surface area contributed by atoms with Crippen molar-refractivity contribution < 1.29 is 14.7 Å². The number of carboxylic acids is 1. The molecule has 6 heteroatoms. The minimum Gasteiger partial charge on any atom is -0.478 e. The molecule has 2 N–H and O–H groups in total. The molecule has 0 saturated carbocycles. The first-order valence-corrected chi connectivity index (χ1v) is 7.84. The number of carbonyl (C=O) groups excluding carboxylic acids is 1. The fourth-order valence-electron chi connectivity index (χ4n) is 2.66. The van der Waals surface area contributed by atoms with Crippen molar-refractivity contribution in [3.05, 3.63) is 34.3 Å². The number of benzene rings is 1. The summed E-state index contributed by atoms with van der Waals surface area (Å²) in [5, 5.41) is 12.2. The van der Waals surface area contributed by atoms with Gasteiger partial charge in [0.15, 0.2) is 0 Å². The third-order valence-electron chi connectivity index (χ3n) is 4.05. The van der Waals surface area contributed by atoms with E-state index in [4.69, 9.17) is 16.7 Å². The van der Waals surface area contributed by atoms with Crippen LogP contribution in [0, 0.1) is 0 Å². The molecule has 0 aromatic heterocycles. The lowest BCUT2D eigenvalue weighted by atomic mass is 10.0. The Bertz CT molecular complexity index is 567. The molecule has 1 fully saturated rings. The van der Waals surface area contributed by atoms with Crippen LogP contribution in [-0.4, -0.2) is 47.1 Å². The van der Waals surface area contributed by atoms with Crippen LogP contribution in [0.2, 0.25) is 5.02 Å². The average molecular weight is 325 g/mol. The molecular formula is C16H21ClN2O3. The van der Waals surface area contributed by atoms with E-state index in [0.29, 0.717) is 6.04 Å². The largest absolute Gasteiger partial charge is 0.478 e. The van der Waals surface area contributed by atoms with Crippen molar-refractivity contribution in [2.24, 2.45) is 0 Å². The molecule has 1 heterocycles. The van der Waals surface area contributed by atoms with E-state index in [2.05, 4.69) is 24.1 Å². The fraction of sp³-hybridized carbons (Fsp3) is 0.500. The monoisotopic (exact) mass is 324 g/mol. The van der Waals surface area contributed by atoms with E-state index in [1.54, 1.807) is 0 Å². The molecule has 22 heavy (non-hydrogen) atoms. The fourth-order valence-corrected chi connectivity index (χ4v) is 2.86. The molecule has 0 spiro atoms. The zero-order valence-corrected chi connectivity index (χ0v) is 13.6. The van der Waals surface area contributed by atoms with Crippen molar-refractivity contribution in [1.82, 2.24) is 10.2 Å². The zero-order valence-electron chi connectivity index (χ0n) is 12.8. The highest BCUT2D eigenvalue weighted by Gasteiger charge is 2.23. The van der Waals surface area contributed by atoms with E-state index in [9.17, 15) is 9.59 Å². The summed E-state index contributed by atoms with van der Waals surface area (Å²) in [6.07, 6.45) is 1.78. The van der Waals surface area contributed by atoms with Crippen molar-refractivity contribution in [2.45, 2.75) is 38.8 Å². The summed E-state index contributed by atoms with van der Waals surface area (Å²) in [5.74, 6) is -1.38. The average Bonchev–Trinajstić information content (AvgIpc) is 2.47. The van der Waals surface area contributed by atoms with E-state index >= 15 is 0 Å². The van der Waals surface area contributed by atoms with Crippen LogP contribution in [0.3, 0.4) is 0 Å². The normalized spacial score (nSPS) is 16.7. The molecular weight excluding hydrogens is 304 g/mol. The lowest BCUT2D eigenvalue weighted by Crippen LogP contribution is -2.46. The minimum atomic E-state index is -1.07. The topological polar surface area (TPSA) is 69.6 Å². The van der Waals surface area contributed by atoms with Gasteiger partial charge in [-0.3, -0.25) is 4.79 Å². The van der Waals surface area contributed by atoms with Crippen molar-refractivity contribution in [3.63, 3.8) is 0 Å². The summed E-state index contributed by atoms with van der Waals surface area (Å²) >= 11 is 6.02. The molecule has 0 aliphatic carbocycles. The first kappa shape index (κ1) is 16.8. The number of likely N-dealkylation sites (tertiary alicyclic amines) is 1. The lowest BCUT2D eigenvalue weighted by Gasteiger charge is -2.34. The maximum atomic E-state index is 12.3. The molecule has 1 amide bonds. The van der Waals surface area contributed by atoms with Crippen molar-refractivity contribution in [1.29, 1.82) is 0 Å². The Hall–Kier alpha value is -1.59. The maximum Gasteiger partial charge on any atom is 0.335 e. The molecule has 120 valence electrons. The number of nitrogens with one attached hydrogen (secondary N) is 1. The summed E-state index contributed by atoms with van der Waals surface area (Å²) in [6, 6.07) is 4.78. The van der Waals surface area contributed by atoms with E-state index in [-0.39, 0.29) is 28.1 Å². The molecule has 1 saturated heterocycles. The lowest BCUT2D eigenvalue weighted by molar-refractivity contribution is 0.0697. The number of nitrogens with zero attached hydrogens (tertiary/aromatic N) is 1. The molecule has 1 aliphatic heterocycles. The second-order valence-corrected chi connectivity index (χ2v) is 6.28. The molecule has 0 radical (unpaired) electrons. The molecule has 0 unspecified atom stereocenters. The minimum absolute atomic E-state index is 0.0594. The van der Waals surface area contributed by atoms with Crippen molar-refractivity contribution >= 4 is 23.5 Å². The number of amides is 1. The Kier molecular flexibility index (Phi) is 5.42. The standard InChI is InChI=1S/C16H21ClN2O3/c1-10(2)19-7-5-12(6-8-19)18-15(20)13-9-11(16(21)22)3-4-14(13)17/h3-4,9-10,12H,5-8H2,1-2H3,(H,18,20)(H,21,22). The number of halogens is 1. The van der Waals surface area contributed by atoms with Crippen LogP contribution < -0.4 is 5.32 Å². The summed E-state index contributed by atoms with van der Waals surface area (Å²) in [4.78, 5) is 25.7. The van der Waals surface area contributed by atoms with Crippen LogP contribution in [0.4, 0.5) is 0 Å². The van der Waals surface area contributed by atoms with Gasteiger partial charge in [0, 0.05) is 25.2 Å². The van der Waals surface area contributed by atoms with Crippen LogP contribution in [-0.2, 0) is 0 Å². The SMILES string of the molecule is CC(C)N1CCC(NC(=O)c2cc(C(=O)O)ccc2Cl)CC1. The van der Waals surface area contributed by atoms with Gasteiger partial charge in [-0.15, -0.1) is 0 Å². The van der Waals surface area contributed by atoms with Crippen molar-refractivity contribution in [3.8, 4) is 0 Å². The maximum absolute atomic E-state index is 12.3. The predicted octanol–water partition coefficient (Wildman–Crippen LogP) is 2.64. The summed E-state index contributed by atoms with van der Waals surface area (Å²) in [6.45, 7) is 6.23. The molecule has 2 rings (SSSR count). The van der Waals surface area contributed by atoms with Gasteiger partial charge in [-0.05, 0) is 44.9 Å². The van der Waals surface area contributed by atoms with Crippen molar-refractivity contribution in [2.75, 3.05) is 13.1 Å². The Morgan fingerprint density at radius 2 is 1.95 bits per heavy atom. The number of aromatic carboxylic acids is 1.